The first-order valence-electron chi connectivity index (χ1n) is 6.07. The molecule has 0 aliphatic heterocycles. The van der Waals surface area contributed by atoms with E-state index >= 15 is 0 Å². The van der Waals surface area contributed by atoms with Gasteiger partial charge in [-0.1, -0.05) is 5.16 Å². The van der Waals surface area contributed by atoms with Crippen molar-refractivity contribution in [3.63, 3.8) is 0 Å². The van der Waals surface area contributed by atoms with E-state index in [1.54, 1.807) is 13.2 Å². The van der Waals surface area contributed by atoms with Crippen LogP contribution in [0.15, 0.2) is 22.7 Å². The van der Waals surface area contributed by atoms with Gasteiger partial charge in [-0.15, -0.1) is 0 Å². The second-order valence-corrected chi connectivity index (χ2v) is 4.16. The molecule has 1 unspecified atom stereocenters. The minimum Gasteiger partial charge on any atom is -0.494 e. The topological polar surface area (TPSA) is 83.4 Å². The third-order valence-electron chi connectivity index (χ3n) is 2.88. The molecule has 0 amide bonds. The highest BCUT2D eigenvalue weighted by Gasteiger charge is 2.15. The summed E-state index contributed by atoms with van der Waals surface area (Å²) in [5, 5.41) is 3.85. The Balaban J connectivity index is 2.20. The van der Waals surface area contributed by atoms with Gasteiger partial charge in [-0.05, 0) is 18.2 Å². The number of ether oxygens (including phenoxy) is 2. The molecule has 0 spiro atoms. The Labute approximate surface area is 115 Å². The van der Waals surface area contributed by atoms with E-state index in [4.69, 9.17) is 19.7 Å². The molecule has 0 fully saturated rings. The number of methoxy groups -OCH3 is 2. The molecule has 20 heavy (non-hydrogen) atoms. The minimum absolute atomic E-state index is 0.130. The molecule has 7 heteroatoms. The molecule has 2 rings (SSSR count). The minimum atomic E-state index is -0.442. The fourth-order valence-corrected chi connectivity index (χ4v) is 1.71. The molecule has 1 aromatic carbocycles. The van der Waals surface area contributed by atoms with Crippen LogP contribution in [0.25, 0.3) is 11.4 Å². The van der Waals surface area contributed by atoms with Gasteiger partial charge in [0.1, 0.15) is 0 Å². The summed E-state index contributed by atoms with van der Waals surface area (Å²) < 4.78 is 28.5. The van der Waals surface area contributed by atoms with E-state index in [1.807, 2.05) is 0 Å². The second kappa shape index (κ2) is 6.44. The van der Waals surface area contributed by atoms with Gasteiger partial charge >= 0.3 is 0 Å². The summed E-state index contributed by atoms with van der Waals surface area (Å²) in [4.78, 5) is 4.23. The molecule has 1 aromatic heterocycles. The van der Waals surface area contributed by atoms with E-state index in [0.29, 0.717) is 30.2 Å². The molecule has 0 aliphatic carbocycles. The van der Waals surface area contributed by atoms with Crippen LogP contribution in [0.2, 0.25) is 0 Å². The van der Waals surface area contributed by atoms with Gasteiger partial charge in [0, 0.05) is 19.2 Å². The average Bonchev–Trinajstić information content (AvgIpc) is 2.93. The monoisotopic (exact) mass is 281 g/mol. The van der Waals surface area contributed by atoms with Crippen molar-refractivity contribution in [3.05, 3.63) is 29.9 Å². The first-order chi connectivity index (χ1) is 9.67. The predicted octanol–water partition coefficient (Wildman–Crippen LogP) is 1.40. The van der Waals surface area contributed by atoms with Crippen molar-refractivity contribution in [2.75, 3.05) is 20.8 Å². The van der Waals surface area contributed by atoms with E-state index in [9.17, 15) is 4.39 Å². The van der Waals surface area contributed by atoms with Crippen LogP contribution < -0.4 is 10.5 Å². The fraction of sp³-hybridized carbons (Fsp3) is 0.385. The van der Waals surface area contributed by atoms with Crippen LogP contribution in [0, 0.1) is 5.82 Å². The smallest absolute Gasteiger partial charge is 0.229 e. The lowest BCUT2D eigenvalue weighted by Gasteiger charge is -2.08. The van der Waals surface area contributed by atoms with Gasteiger partial charge in [-0.3, -0.25) is 0 Å². The number of aromatic nitrogens is 2. The van der Waals surface area contributed by atoms with Crippen molar-refractivity contribution in [3.8, 4) is 17.1 Å². The van der Waals surface area contributed by atoms with Gasteiger partial charge in [0.25, 0.3) is 0 Å². The van der Waals surface area contributed by atoms with Crippen LogP contribution in [-0.4, -0.2) is 37.0 Å². The third-order valence-corrected chi connectivity index (χ3v) is 2.88. The third kappa shape index (κ3) is 3.12. The summed E-state index contributed by atoms with van der Waals surface area (Å²) in [6.07, 6.45) is 0.254. The van der Waals surface area contributed by atoms with Gasteiger partial charge in [-0.2, -0.15) is 4.98 Å². The van der Waals surface area contributed by atoms with E-state index in [-0.39, 0.29) is 11.9 Å². The first-order valence-corrected chi connectivity index (χ1v) is 6.07. The van der Waals surface area contributed by atoms with Crippen LogP contribution in [0.3, 0.4) is 0 Å². The number of benzene rings is 1. The standard InChI is InChI=1S/C13H16FN3O3/c1-18-9(7-15)6-12-16-13(17-20-12)8-3-4-10(14)11(5-8)19-2/h3-5,9H,6-7,15H2,1-2H3. The van der Waals surface area contributed by atoms with Crippen LogP contribution in [0.1, 0.15) is 5.89 Å². The zero-order valence-electron chi connectivity index (χ0n) is 11.3. The van der Waals surface area contributed by atoms with E-state index in [0.717, 1.165) is 0 Å². The molecule has 6 nitrogen and oxygen atoms in total. The molecule has 0 saturated heterocycles. The Morgan fingerprint density at radius 2 is 2.20 bits per heavy atom. The Morgan fingerprint density at radius 3 is 2.85 bits per heavy atom. The van der Waals surface area contributed by atoms with Gasteiger partial charge in [0.05, 0.1) is 19.6 Å². The van der Waals surface area contributed by atoms with Crippen molar-refractivity contribution in [1.29, 1.82) is 0 Å². The molecule has 2 aromatic rings. The predicted molar refractivity (Wildman–Crippen MR) is 69.8 cm³/mol. The van der Waals surface area contributed by atoms with Gasteiger partial charge in [-0.25, -0.2) is 4.39 Å². The molecule has 108 valence electrons. The molecule has 0 bridgehead atoms. The van der Waals surface area contributed by atoms with Gasteiger partial charge in [0.2, 0.25) is 11.7 Å². The summed E-state index contributed by atoms with van der Waals surface area (Å²) in [6.45, 7) is 0.360. The molecule has 0 radical (unpaired) electrons. The number of hydrogen-bond donors (Lipinski definition) is 1. The Hall–Kier alpha value is -1.99. The maximum absolute atomic E-state index is 13.3. The molecule has 0 saturated carbocycles. The van der Waals surface area contributed by atoms with Crippen LogP contribution in [0.5, 0.6) is 5.75 Å². The molecule has 1 heterocycles. The number of halogens is 1. The summed E-state index contributed by atoms with van der Waals surface area (Å²) in [5.41, 5.74) is 6.14. The van der Waals surface area contributed by atoms with Crippen molar-refractivity contribution in [2.24, 2.45) is 5.73 Å². The van der Waals surface area contributed by atoms with E-state index in [1.165, 1.54) is 19.2 Å². The number of rotatable bonds is 6. The summed E-state index contributed by atoms with van der Waals surface area (Å²) in [7, 11) is 2.97. The normalized spacial score (nSPS) is 12.4. The highest BCUT2D eigenvalue weighted by molar-refractivity contribution is 5.57. The zero-order valence-corrected chi connectivity index (χ0v) is 11.3. The fourth-order valence-electron chi connectivity index (χ4n) is 1.71. The van der Waals surface area contributed by atoms with Crippen molar-refractivity contribution in [1.82, 2.24) is 10.1 Å². The van der Waals surface area contributed by atoms with Crippen molar-refractivity contribution in [2.45, 2.75) is 12.5 Å². The van der Waals surface area contributed by atoms with Crippen molar-refractivity contribution < 1.29 is 18.4 Å². The Morgan fingerprint density at radius 1 is 1.40 bits per heavy atom. The molecule has 1 atom stereocenters. The quantitative estimate of drug-likeness (QED) is 0.861. The number of nitrogens with two attached hydrogens (primary N) is 1. The molecular formula is C13H16FN3O3. The molecule has 2 N–H and O–H groups in total. The van der Waals surface area contributed by atoms with E-state index < -0.39 is 5.82 Å². The maximum Gasteiger partial charge on any atom is 0.229 e. The van der Waals surface area contributed by atoms with Crippen LogP contribution in [0.4, 0.5) is 4.39 Å². The maximum atomic E-state index is 13.3. The Kier molecular flexibility index (Phi) is 4.65. The number of hydrogen-bond acceptors (Lipinski definition) is 6. The van der Waals surface area contributed by atoms with Crippen LogP contribution in [-0.2, 0) is 11.2 Å². The highest BCUT2D eigenvalue weighted by Crippen LogP contribution is 2.24. The SMILES string of the molecule is COc1cc(-c2noc(CC(CN)OC)n2)ccc1F. The van der Waals surface area contributed by atoms with E-state index in [2.05, 4.69) is 10.1 Å². The molecule has 0 aliphatic rings. The molecular weight excluding hydrogens is 265 g/mol. The Bertz CT molecular complexity index is 570. The summed E-state index contributed by atoms with van der Waals surface area (Å²) in [6, 6.07) is 4.37. The lowest BCUT2D eigenvalue weighted by molar-refractivity contribution is 0.102. The second-order valence-electron chi connectivity index (χ2n) is 4.16. The summed E-state index contributed by atoms with van der Waals surface area (Å²) >= 11 is 0. The van der Waals surface area contributed by atoms with Crippen molar-refractivity contribution >= 4 is 0 Å². The lowest BCUT2D eigenvalue weighted by Crippen LogP contribution is -2.24. The average molecular weight is 281 g/mol. The summed E-state index contributed by atoms with van der Waals surface area (Å²) in [5.74, 6) is 0.471. The lowest BCUT2D eigenvalue weighted by atomic mass is 10.2. The first kappa shape index (κ1) is 14.4. The largest absolute Gasteiger partial charge is 0.494 e. The zero-order chi connectivity index (χ0) is 14.5. The van der Waals surface area contributed by atoms with Gasteiger partial charge in [0.15, 0.2) is 11.6 Å². The van der Waals surface area contributed by atoms with Gasteiger partial charge < -0.3 is 19.7 Å². The number of nitrogens with zero attached hydrogens (tertiary/aromatic N) is 2. The highest BCUT2D eigenvalue weighted by atomic mass is 19.1. The van der Waals surface area contributed by atoms with Crippen LogP contribution >= 0.6 is 0 Å².